The molecule has 0 heterocycles. The average molecular weight is 312 g/mol. The second-order valence-electron chi connectivity index (χ2n) is 5.49. The van der Waals surface area contributed by atoms with Crippen LogP contribution in [0.1, 0.15) is 44.0 Å². The van der Waals surface area contributed by atoms with Crippen LogP contribution in [-0.4, -0.2) is 26.8 Å². The molecule has 1 aromatic rings. The van der Waals surface area contributed by atoms with Gasteiger partial charge in [-0.3, -0.25) is 4.79 Å². The number of rotatable bonds is 8. The molecule has 0 spiro atoms. The first-order chi connectivity index (χ1) is 9.80. The molecule has 0 aliphatic heterocycles. The summed E-state index contributed by atoms with van der Waals surface area (Å²) < 4.78 is 27.3. The molecule has 0 fully saturated rings. The molecule has 6 heteroatoms. The van der Waals surface area contributed by atoms with E-state index in [0.29, 0.717) is 24.3 Å². The molecule has 0 aromatic heterocycles. The Bertz CT molecular complexity index is 582. The number of Topliss-reactive ketones (excluding diaryl/α,β-unsaturated/α-hetero) is 1. The van der Waals surface area contributed by atoms with E-state index in [0.717, 1.165) is 0 Å². The monoisotopic (exact) mass is 312 g/mol. The number of ketones is 1. The number of hydrogen-bond acceptors (Lipinski definition) is 4. The highest BCUT2D eigenvalue weighted by Gasteiger charge is 2.20. The third kappa shape index (κ3) is 5.22. The molecular weight excluding hydrogens is 288 g/mol. The number of sulfonamides is 1. The Labute approximate surface area is 127 Å². The molecule has 0 saturated carbocycles. The summed E-state index contributed by atoms with van der Waals surface area (Å²) in [6.07, 6.45) is 1.01. The van der Waals surface area contributed by atoms with E-state index in [4.69, 9.17) is 5.73 Å². The minimum atomic E-state index is -3.66. The van der Waals surface area contributed by atoms with E-state index in [2.05, 4.69) is 4.72 Å². The van der Waals surface area contributed by atoms with Crippen molar-refractivity contribution in [1.82, 2.24) is 4.72 Å². The van der Waals surface area contributed by atoms with Gasteiger partial charge < -0.3 is 5.73 Å². The first-order valence-corrected chi connectivity index (χ1v) is 8.64. The average Bonchev–Trinajstić information content (AvgIpc) is 2.45. The quantitative estimate of drug-likeness (QED) is 0.718. The van der Waals surface area contributed by atoms with Crippen molar-refractivity contribution in [3.8, 4) is 0 Å². The molecule has 0 amide bonds. The van der Waals surface area contributed by atoms with Gasteiger partial charge in [-0.05, 0) is 24.5 Å². The summed E-state index contributed by atoms with van der Waals surface area (Å²) in [7, 11) is -3.66. The van der Waals surface area contributed by atoms with Gasteiger partial charge in [-0.1, -0.05) is 32.9 Å². The van der Waals surface area contributed by atoms with Gasteiger partial charge in [0.1, 0.15) is 0 Å². The van der Waals surface area contributed by atoms with E-state index >= 15 is 0 Å². The molecule has 0 aliphatic rings. The van der Waals surface area contributed by atoms with E-state index in [1.54, 1.807) is 19.1 Å². The zero-order valence-corrected chi connectivity index (χ0v) is 13.6. The summed E-state index contributed by atoms with van der Waals surface area (Å²) in [6, 6.07) is 5.80. The Balaban J connectivity index is 2.99. The minimum absolute atomic E-state index is 0.0791. The lowest BCUT2D eigenvalue weighted by atomic mass is 10.1. The fourth-order valence-electron chi connectivity index (χ4n) is 2.09. The van der Waals surface area contributed by atoms with Crippen LogP contribution in [0.4, 0.5) is 0 Å². The van der Waals surface area contributed by atoms with Crippen molar-refractivity contribution in [3.05, 3.63) is 29.8 Å². The Morgan fingerprint density at radius 1 is 1.33 bits per heavy atom. The molecule has 1 atom stereocenters. The molecule has 1 rings (SSSR count). The highest BCUT2D eigenvalue weighted by Crippen LogP contribution is 2.15. The van der Waals surface area contributed by atoms with Crippen LogP contribution in [-0.2, 0) is 10.0 Å². The highest BCUT2D eigenvalue weighted by molar-refractivity contribution is 7.89. The van der Waals surface area contributed by atoms with Gasteiger partial charge in [-0.25, -0.2) is 13.1 Å². The van der Waals surface area contributed by atoms with Gasteiger partial charge in [0.15, 0.2) is 5.78 Å². The smallest absolute Gasteiger partial charge is 0.240 e. The van der Waals surface area contributed by atoms with Crippen LogP contribution in [0, 0.1) is 5.92 Å². The fourth-order valence-corrected chi connectivity index (χ4v) is 3.40. The van der Waals surface area contributed by atoms with Crippen molar-refractivity contribution in [2.45, 2.75) is 44.6 Å². The zero-order chi connectivity index (χ0) is 16.0. The number of hydrogen-bond donors (Lipinski definition) is 2. The summed E-state index contributed by atoms with van der Waals surface area (Å²) >= 11 is 0. The standard InChI is InChI=1S/C15H24N2O3S/c1-4-15(18)12-6-5-7-14(9-12)21(19,20)17-13(10-16)8-11(2)3/h5-7,9,11,13,17H,4,8,10,16H2,1-3H3/t13-/m0/s1. The van der Waals surface area contributed by atoms with Crippen LogP contribution in [0.3, 0.4) is 0 Å². The number of carbonyl (C=O) groups excluding carboxylic acids is 1. The zero-order valence-electron chi connectivity index (χ0n) is 12.8. The van der Waals surface area contributed by atoms with Crippen molar-refractivity contribution >= 4 is 15.8 Å². The Kier molecular flexibility index (Phi) is 6.51. The van der Waals surface area contributed by atoms with Crippen molar-refractivity contribution in [2.24, 2.45) is 11.7 Å². The first kappa shape index (κ1) is 17.8. The van der Waals surface area contributed by atoms with Crippen LogP contribution in [0.25, 0.3) is 0 Å². The Morgan fingerprint density at radius 2 is 2.00 bits per heavy atom. The Hall–Kier alpha value is -1.24. The first-order valence-electron chi connectivity index (χ1n) is 7.15. The SMILES string of the molecule is CCC(=O)c1cccc(S(=O)(=O)N[C@H](CN)CC(C)C)c1. The molecule has 5 nitrogen and oxygen atoms in total. The molecule has 21 heavy (non-hydrogen) atoms. The van der Waals surface area contributed by atoms with Crippen molar-refractivity contribution in [1.29, 1.82) is 0 Å². The van der Waals surface area contributed by atoms with Crippen LogP contribution >= 0.6 is 0 Å². The van der Waals surface area contributed by atoms with Gasteiger partial charge in [0.05, 0.1) is 4.90 Å². The highest BCUT2D eigenvalue weighted by atomic mass is 32.2. The van der Waals surface area contributed by atoms with Crippen LogP contribution in [0.15, 0.2) is 29.2 Å². The predicted molar refractivity (Wildman–Crippen MR) is 83.7 cm³/mol. The van der Waals surface area contributed by atoms with E-state index in [1.165, 1.54) is 12.1 Å². The largest absolute Gasteiger partial charge is 0.329 e. The van der Waals surface area contributed by atoms with Crippen molar-refractivity contribution < 1.29 is 13.2 Å². The number of carbonyl (C=O) groups is 1. The molecule has 0 radical (unpaired) electrons. The fraction of sp³-hybridized carbons (Fsp3) is 0.533. The third-order valence-electron chi connectivity index (χ3n) is 3.15. The molecule has 1 aromatic carbocycles. The van der Waals surface area contributed by atoms with Gasteiger partial charge >= 0.3 is 0 Å². The lowest BCUT2D eigenvalue weighted by molar-refractivity contribution is 0.0988. The second kappa shape index (κ2) is 7.68. The van der Waals surface area contributed by atoms with E-state index < -0.39 is 10.0 Å². The molecular formula is C15H24N2O3S. The summed E-state index contributed by atoms with van der Waals surface area (Å²) in [6.45, 7) is 6.01. The number of benzene rings is 1. The van der Waals surface area contributed by atoms with Crippen LogP contribution in [0.2, 0.25) is 0 Å². The summed E-state index contributed by atoms with van der Waals surface area (Å²) in [5, 5.41) is 0. The maximum atomic E-state index is 12.4. The van der Waals surface area contributed by atoms with E-state index in [1.807, 2.05) is 13.8 Å². The second-order valence-corrected chi connectivity index (χ2v) is 7.20. The van der Waals surface area contributed by atoms with Gasteiger partial charge in [-0.2, -0.15) is 0 Å². The summed E-state index contributed by atoms with van der Waals surface area (Å²) in [5.41, 5.74) is 6.04. The molecule has 0 saturated heterocycles. The van der Waals surface area contributed by atoms with Gasteiger partial charge in [0.2, 0.25) is 10.0 Å². The predicted octanol–water partition coefficient (Wildman–Crippen LogP) is 1.93. The van der Waals surface area contributed by atoms with Crippen molar-refractivity contribution in [3.63, 3.8) is 0 Å². The normalized spacial score (nSPS) is 13.4. The van der Waals surface area contributed by atoms with Crippen LogP contribution in [0.5, 0.6) is 0 Å². The van der Waals surface area contributed by atoms with Gasteiger partial charge in [0.25, 0.3) is 0 Å². The van der Waals surface area contributed by atoms with Crippen molar-refractivity contribution in [2.75, 3.05) is 6.54 Å². The summed E-state index contributed by atoms with van der Waals surface area (Å²) in [4.78, 5) is 11.8. The third-order valence-corrected chi connectivity index (χ3v) is 4.67. The maximum Gasteiger partial charge on any atom is 0.240 e. The lowest BCUT2D eigenvalue weighted by Gasteiger charge is -2.19. The molecule has 3 N–H and O–H groups in total. The summed E-state index contributed by atoms with van der Waals surface area (Å²) in [5.74, 6) is 0.263. The molecule has 0 unspecified atom stereocenters. The molecule has 118 valence electrons. The Morgan fingerprint density at radius 3 is 2.52 bits per heavy atom. The maximum absolute atomic E-state index is 12.4. The number of nitrogens with one attached hydrogen (secondary N) is 1. The minimum Gasteiger partial charge on any atom is -0.329 e. The number of nitrogens with two attached hydrogens (primary N) is 1. The van der Waals surface area contributed by atoms with Crippen LogP contribution < -0.4 is 10.5 Å². The molecule has 0 bridgehead atoms. The lowest BCUT2D eigenvalue weighted by Crippen LogP contribution is -2.41. The topological polar surface area (TPSA) is 89.3 Å². The van der Waals surface area contributed by atoms with Gasteiger partial charge in [-0.15, -0.1) is 0 Å². The van der Waals surface area contributed by atoms with E-state index in [9.17, 15) is 13.2 Å². The molecule has 0 aliphatic carbocycles. The van der Waals surface area contributed by atoms with E-state index in [-0.39, 0.29) is 23.3 Å². The van der Waals surface area contributed by atoms with Gasteiger partial charge in [0, 0.05) is 24.6 Å².